The quantitative estimate of drug-likeness (QED) is 0.389. The summed E-state index contributed by atoms with van der Waals surface area (Å²) in [7, 11) is -4.82. The summed E-state index contributed by atoms with van der Waals surface area (Å²) in [5, 5.41) is 0. The fraction of sp³-hybridized carbons (Fsp3) is 0.400. The first-order valence-electron chi connectivity index (χ1n) is 9.41. The fourth-order valence-electron chi connectivity index (χ4n) is 3.05. The van der Waals surface area contributed by atoms with E-state index in [1.807, 2.05) is 48.5 Å². The molecule has 0 spiro atoms. The Kier molecular flexibility index (Phi) is 6.73. The summed E-state index contributed by atoms with van der Waals surface area (Å²) in [5.74, 6) is 0.603. The molecule has 0 N–H and O–H groups in total. The monoisotopic (exact) mass is 530 g/mol. The third-order valence-corrected chi connectivity index (χ3v) is 9.04. The van der Waals surface area contributed by atoms with Crippen molar-refractivity contribution in [3.8, 4) is 5.75 Å². The molecule has 28 heavy (non-hydrogen) atoms. The van der Waals surface area contributed by atoms with Crippen LogP contribution in [0.2, 0.25) is 25.7 Å². The van der Waals surface area contributed by atoms with Gasteiger partial charge in [-0.05, 0) is 52.4 Å². The van der Waals surface area contributed by atoms with Gasteiger partial charge in [0.25, 0.3) is 0 Å². The molecule has 0 atom stereocenters. The van der Waals surface area contributed by atoms with E-state index in [0.717, 1.165) is 15.2 Å². The predicted molar refractivity (Wildman–Crippen MR) is 126 cm³/mol. The van der Waals surface area contributed by atoms with Gasteiger partial charge in [-0.25, -0.2) is 0 Å². The number of benzene rings is 2. The van der Waals surface area contributed by atoms with Crippen LogP contribution in [0.25, 0.3) is 0 Å². The average molecular weight is 531 g/mol. The van der Waals surface area contributed by atoms with E-state index in [-0.39, 0.29) is 0 Å². The Morgan fingerprint density at radius 1 is 1.07 bits per heavy atom. The molecule has 1 heterocycles. The van der Waals surface area contributed by atoms with Crippen LogP contribution in [0.1, 0.15) is 5.56 Å². The van der Waals surface area contributed by atoms with Gasteiger partial charge in [0.1, 0.15) is 12.4 Å². The third kappa shape index (κ3) is 5.28. The first-order valence-corrected chi connectivity index (χ1v) is 15.6. The Morgan fingerprint density at radius 3 is 2.46 bits per heavy atom. The molecule has 1 fully saturated rings. The lowest BCUT2D eigenvalue weighted by Gasteiger charge is -2.24. The number of hydrogen-bond donors (Lipinski definition) is 0. The highest BCUT2D eigenvalue weighted by Crippen LogP contribution is 2.35. The minimum absolute atomic E-state index is 0.404. The van der Waals surface area contributed by atoms with Gasteiger partial charge < -0.3 is 4.74 Å². The van der Waals surface area contributed by atoms with Crippen LogP contribution >= 0.6 is 22.6 Å². The predicted octanol–water partition coefficient (Wildman–Crippen LogP) is 4.58. The fourth-order valence-corrected chi connectivity index (χ4v) is 6.24. The van der Waals surface area contributed by atoms with Crippen molar-refractivity contribution in [2.75, 3.05) is 23.9 Å². The number of hydrogen-bond acceptors (Lipinski definition) is 3. The van der Waals surface area contributed by atoms with Crippen molar-refractivity contribution < 1.29 is 13.2 Å². The van der Waals surface area contributed by atoms with Crippen molar-refractivity contribution in [1.29, 1.82) is 0 Å². The van der Waals surface area contributed by atoms with Crippen molar-refractivity contribution in [1.82, 2.24) is 4.31 Å². The first-order chi connectivity index (χ1) is 13.2. The minimum Gasteiger partial charge on any atom is -0.487 e. The number of anilines is 1. The maximum Gasteiger partial charge on any atom is 0.304 e. The molecule has 0 aromatic heterocycles. The molecular weight excluding hydrogens is 503 g/mol. The topological polar surface area (TPSA) is 49.9 Å². The van der Waals surface area contributed by atoms with Crippen LogP contribution in [0.5, 0.6) is 5.75 Å². The maximum absolute atomic E-state index is 13.1. The van der Waals surface area contributed by atoms with Gasteiger partial charge in [-0.3, -0.25) is 4.31 Å². The van der Waals surface area contributed by atoms with Gasteiger partial charge in [-0.2, -0.15) is 12.7 Å². The molecule has 1 aliphatic rings. The molecule has 0 radical (unpaired) electrons. The molecule has 5 nitrogen and oxygen atoms in total. The molecular formula is C20H27IN2O3SSi. The van der Waals surface area contributed by atoms with Crippen molar-refractivity contribution in [3.63, 3.8) is 0 Å². The van der Waals surface area contributed by atoms with Gasteiger partial charge in [0, 0.05) is 31.3 Å². The Bertz CT molecular complexity index is 917. The second-order valence-corrected chi connectivity index (χ2v) is 16.9. The van der Waals surface area contributed by atoms with Crippen LogP contribution in [0.3, 0.4) is 0 Å². The van der Waals surface area contributed by atoms with E-state index >= 15 is 0 Å². The smallest absolute Gasteiger partial charge is 0.304 e. The van der Waals surface area contributed by atoms with Gasteiger partial charge in [0.15, 0.2) is 0 Å². The van der Waals surface area contributed by atoms with Crippen LogP contribution in [-0.2, 0) is 16.8 Å². The highest BCUT2D eigenvalue weighted by Gasteiger charge is 2.38. The summed E-state index contributed by atoms with van der Waals surface area (Å²) in [6.07, 6.45) is 0. The molecule has 3 rings (SSSR count). The molecule has 1 saturated heterocycles. The molecule has 0 amide bonds. The van der Waals surface area contributed by atoms with E-state index in [1.165, 1.54) is 4.31 Å². The molecule has 0 unspecified atom stereocenters. The minimum atomic E-state index is -3.52. The van der Waals surface area contributed by atoms with Gasteiger partial charge in [-0.1, -0.05) is 50.0 Å². The van der Waals surface area contributed by atoms with E-state index in [9.17, 15) is 8.42 Å². The zero-order valence-corrected chi connectivity index (χ0v) is 20.5. The standard InChI is InChI=1S/C20H27IN2O3SSi/c1-28(2,3)14-13-22-11-12-23(27(22,24)25)19-10-9-18(21)15-20(19)26-16-17-7-5-4-6-8-17/h4-10,15H,11-14,16H2,1-3H3. The molecule has 2 aromatic carbocycles. The highest BCUT2D eigenvalue weighted by atomic mass is 127. The lowest BCUT2D eigenvalue weighted by atomic mass is 10.2. The summed E-state index contributed by atoms with van der Waals surface area (Å²) >= 11 is 2.22. The molecule has 0 saturated carbocycles. The molecule has 2 aromatic rings. The summed E-state index contributed by atoms with van der Waals surface area (Å²) in [4.78, 5) is 0. The van der Waals surface area contributed by atoms with Crippen LogP contribution in [-0.4, -0.2) is 40.4 Å². The lowest BCUT2D eigenvalue weighted by molar-refractivity contribution is 0.307. The molecule has 152 valence electrons. The molecule has 1 aliphatic heterocycles. The molecule has 0 bridgehead atoms. The van der Waals surface area contributed by atoms with E-state index in [1.54, 1.807) is 4.31 Å². The zero-order valence-electron chi connectivity index (χ0n) is 16.6. The van der Waals surface area contributed by atoms with Crippen LogP contribution in [0.15, 0.2) is 48.5 Å². The van der Waals surface area contributed by atoms with Gasteiger partial charge in [-0.15, -0.1) is 0 Å². The Labute approximate surface area is 183 Å². The second-order valence-electron chi connectivity index (χ2n) is 8.18. The molecule has 0 aliphatic carbocycles. The summed E-state index contributed by atoms with van der Waals surface area (Å²) in [6, 6.07) is 16.5. The van der Waals surface area contributed by atoms with E-state index in [2.05, 4.69) is 42.2 Å². The number of ether oxygens (including phenoxy) is 1. The van der Waals surface area contributed by atoms with E-state index in [0.29, 0.717) is 37.7 Å². The summed E-state index contributed by atoms with van der Waals surface area (Å²) in [6.45, 7) is 8.78. The SMILES string of the molecule is C[Si](C)(C)CCN1CCN(c2ccc(I)cc2OCc2ccccc2)S1(=O)=O. The number of halogens is 1. The third-order valence-electron chi connectivity index (χ3n) is 4.70. The number of nitrogens with zero attached hydrogens (tertiary/aromatic N) is 2. The summed E-state index contributed by atoms with van der Waals surface area (Å²) in [5.41, 5.74) is 1.67. The highest BCUT2D eigenvalue weighted by molar-refractivity contribution is 14.1. The summed E-state index contributed by atoms with van der Waals surface area (Å²) < 4.78 is 36.4. The Morgan fingerprint density at radius 2 is 1.79 bits per heavy atom. The van der Waals surface area contributed by atoms with E-state index in [4.69, 9.17) is 4.74 Å². The lowest BCUT2D eigenvalue weighted by Crippen LogP contribution is -2.36. The normalized spacial score (nSPS) is 17.1. The van der Waals surface area contributed by atoms with Crippen molar-refractivity contribution in [3.05, 3.63) is 57.7 Å². The van der Waals surface area contributed by atoms with Crippen molar-refractivity contribution in [2.24, 2.45) is 0 Å². The maximum atomic E-state index is 13.1. The largest absolute Gasteiger partial charge is 0.487 e. The first kappa shape index (κ1) is 21.6. The number of rotatable bonds is 7. The van der Waals surface area contributed by atoms with Crippen LogP contribution in [0, 0.1) is 3.57 Å². The van der Waals surface area contributed by atoms with Gasteiger partial charge in [0.2, 0.25) is 0 Å². The average Bonchev–Trinajstić information content (AvgIpc) is 2.93. The Balaban J connectivity index is 1.81. The van der Waals surface area contributed by atoms with Crippen LogP contribution < -0.4 is 9.04 Å². The van der Waals surface area contributed by atoms with Crippen LogP contribution in [0.4, 0.5) is 5.69 Å². The molecule has 8 heteroatoms. The van der Waals surface area contributed by atoms with Gasteiger partial charge >= 0.3 is 10.2 Å². The zero-order chi connectivity index (χ0) is 20.4. The van der Waals surface area contributed by atoms with Gasteiger partial charge in [0.05, 0.1) is 5.69 Å². The van der Waals surface area contributed by atoms with Crippen molar-refractivity contribution in [2.45, 2.75) is 32.3 Å². The van der Waals surface area contributed by atoms with E-state index < -0.39 is 18.3 Å². The second kappa shape index (κ2) is 8.72. The Hall–Kier alpha value is -1.10. The van der Waals surface area contributed by atoms with Crippen molar-refractivity contribution >= 4 is 46.6 Å².